The minimum Gasteiger partial charge on any atom is -0.282 e. The third-order valence-corrected chi connectivity index (χ3v) is 5.33. The van der Waals surface area contributed by atoms with Crippen LogP contribution < -0.4 is 0 Å². The normalized spacial score (nSPS) is 11.4. The SMILES string of the molecule is O=S(=O)(O)c1ccc2cc(S(=O)(=O)O)ccc2c1.O=[N+]([O-])c1cccc([N+](=O)[O-])c1. The van der Waals surface area contributed by atoms with Gasteiger partial charge < -0.3 is 0 Å². The molecular formula is C16H12N2O10S2. The van der Waals surface area contributed by atoms with Crippen molar-refractivity contribution in [3.63, 3.8) is 0 Å². The number of hydrogen-bond donors (Lipinski definition) is 2. The largest absolute Gasteiger partial charge is 0.294 e. The fourth-order valence-corrected chi connectivity index (χ4v) is 3.27. The highest BCUT2D eigenvalue weighted by molar-refractivity contribution is 7.86. The molecular weight excluding hydrogens is 444 g/mol. The van der Waals surface area contributed by atoms with Crippen LogP contribution in [0.1, 0.15) is 0 Å². The molecule has 0 saturated heterocycles. The van der Waals surface area contributed by atoms with E-state index in [0.29, 0.717) is 10.8 Å². The van der Waals surface area contributed by atoms with E-state index in [-0.39, 0.29) is 21.2 Å². The Morgan fingerprint density at radius 2 is 1.00 bits per heavy atom. The predicted molar refractivity (Wildman–Crippen MR) is 103 cm³/mol. The van der Waals surface area contributed by atoms with Crippen molar-refractivity contribution in [2.24, 2.45) is 0 Å². The molecule has 0 amide bonds. The molecule has 0 fully saturated rings. The predicted octanol–water partition coefficient (Wildman–Crippen LogP) is 2.84. The van der Waals surface area contributed by atoms with E-state index < -0.39 is 30.1 Å². The maximum atomic E-state index is 10.9. The summed E-state index contributed by atoms with van der Waals surface area (Å²) in [6.07, 6.45) is 0. The van der Waals surface area contributed by atoms with Crippen molar-refractivity contribution in [3.05, 3.63) is 80.9 Å². The Hall–Kier alpha value is -3.46. The highest BCUT2D eigenvalue weighted by atomic mass is 32.2. The number of rotatable bonds is 4. The standard InChI is InChI=1S/C10H8O6S2.C6H4N2O4/c11-17(12,13)9-3-1-7-5-10(18(14,15)16)4-2-8(7)6-9;9-7(10)5-2-1-3-6(4-5)8(11)12/h1-6H,(H,11,12,13)(H,14,15,16);1-4H. The molecule has 0 spiro atoms. The molecule has 12 nitrogen and oxygen atoms in total. The summed E-state index contributed by atoms with van der Waals surface area (Å²) in [6, 6.07) is 12.0. The summed E-state index contributed by atoms with van der Waals surface area (Å²) < 4.78 is 61.4. The van der Waals surface area contributed by atoms with Gasteiger partial charge in [0.25, 0.3) is 31.6 Å². The Morgan fingerprint density at radius 3 is 1.30 bits per heavy atom. The van der Waals surface area contributed by atoms with Crippen LogP contribution in [0.25, 0.3) is 10.8 Å². The molecule has 3 rings (SSSR count). The fourth-order valence-electron chi connectivity index (χ4n) is 2.24. The van der Waals surface area contributed by atoms with E-state index in [2.05, 4.69) is 0 Å². The molecule has 0 atom stereocenters. The van der Waals surface area contributed by atoms with Gasteiger partial charge in [-0.2, -0.15) is 16.8 Å². The topological polar surface area (TPSA) is 195 Å². The Kier molecular flexibility index (Phi) is 6.47. The molecule has 30 heavy (non-hydrogen) atoms. The molecule has 0 aliphatic carbocycles. The van der Waals surface area contributed by atoms with Crippen LogP contribution >= 0.6 is 0 Å². The Morgan fingerprint density at radius 1 is 0.633 bits per heavy atom. The third kappa shape index (κ3) is 5.77. The summed E-state index contributed by atoms with van der Waals surface area (Å²) in [5.74, 6) is 0. The van der Waals surface area contributed by atoms with Gasteiger partial charge in [-0.05, 0) is 41.1 Å². The number of nitro groups is 2. The highest BCUT2D eigenvalue weighted by Crippen LogP contribution is 2.22. The van der Waals surface area contributed by atoms with Crippen LogP contribution in [0.2, 0.25) is 0 Å². The van der Waals surface area contributed by atoms with E-state index in [1.54, 1.807) is 0 Å². The summed E-state index contributed by atoms with van der Waals surface area (Å²) in [7, 11) is -8.60. The molecule has 2 N–H and O–H groups in total. The first-order valence-electron chi connectivity index (χ1n) is 7.67. The maximum Gasteiger partial charge on any atom is 0.294 e. The second kappa shape index (κ2) is 8.50. The lowest BCUT2D eigenvalue weighted by Crippen LogP contribution is -1.99. The van der Waals surface area contributed by atoms with Crippen molar-refractivity contribution >= 4 is 42.4 Å². The highest BCUT2D eigenvalue weighted by Gasteiger charge is 2.13. The monoisotopic (exact) mass is 456 g/mol. The van der Waals surface area contributed by atoms with Gasteiger partial charge in [0.1, 0.15) is 0 Å². The molecule has 14 heteroatoms. The van der Waals surface area contributed by atoms with Gasteiger partial charge in [-0.1, -0.05) is 12.1 Å². The van der Waals surface area contributed by atoms with Crippen LogP contribution in [0.5, 0.6) is 0 Å². The van der Waals surface area contributed by atoms with E-state index in [1.165, 1.54) is 42.5 Å². The first-order chi connectivity index (χ1) is 13.8. The van der Waals surface area contributed by atoms with E-state index in [1.807, 2.05) is 0 Å². The zero-order valence-corrected chi connectivity index (χ0v) is 16.3. The van der Waals surface area contributed by atoms with Crippen molar-refractivity contribution in [1.82, 2.24) is 0 Å². The van der Waals surface area contributed by atoms with Crippen LogP contribution in [0.15, 0.2) is 70.5 Å². The van der Waals surface area contributed by atoms with Gasteiger partial charge in [0, 0.05) is 12.1 Å². The van der Waals surface area contributed by atoms with Crippen molar-refractivity contribution in [1.29, 1.82) is 0 Å². The summed E-state index contributed by atoms with van der Waals surface area (Å²) in [6.45, 7) is 0. The number of hydrogen-bond acceptors (Lipinski definition) is 8. The number of benzene rings is 3. The number of nitrogens with zero attached hydrogens (tertiary/aromatic N) is 2. The first-order valence-corrected chi connectivity index (χ1v) is 10.5. The quantitative estimate of drug-likeness (QED) is 0.334. The average molecular weight is 456 g/mol. The number of nitro benzene ring substituents is 2. The lowest BCUT2D eigenvalue weighted by atomic mass is 10.1. The number of fused-ring (bicyclic) bond motifs is 1. The molecule has 0 radical (unpaired) electrons. The van der Waals surface area contributed by atoms with E-state index in [0.717, 1.165) is 18.2 Å². The minimum atomic E-state index is -4.30. The van der Waals surface area contributed by atoms with Crippen LogP contribution in [0.3, 0.4) is 0 Å². The molecule has 0 saturated carbocycles. The summed E-state index contributed by atoms with van der Waals surface area (Å²) in [5.41, 5.74) is -0.548. The van der Waals surface area contributed by atoms with Crippen LogP contribution in [-0.2, 0) is 20.2 Å². The smallest absolute Gasteiger partial charge is 0.282 e. The van der Waals surface area contributed by atoms with Gasteiger partial charge in [0.05, 0.1) is 25.7 Å². The molecule has 158 valence electrons. The minimum absolute atomic E-state index is 0.274. The molecule has 0 aliphatic heterocycles. The lowest BCUT2D eigenvalue weighted by Gasteiger charge is -2.03. The van der Waals surface area contributed by atoms with Crippen LogP contribution in [0.4, 0.5) is 11.4 Å². The second-order valence-corrected chi connectivity index (χ2v) is 8.50. The summed E-state index contributed by atoms with van der Waals surface area (Å²) in [5, 5.41) is 21.2. The van der Waals surface area contributed by atoms with Crippen LogP contribution in [-0.4, -0.2) is 35.8 Å². The van der Waals surface area contributed by atoms with Gasteiger partial charge in [0.2, 0.25) is 0 Å². The van der Waals surface area contributed by atoms with E-state index >= 15 is 0 Å². The van der Waals surface area contributed by atoms with E-state index in [4.69, 9.17) is 9.11 Å². The van der Waals surface area contributed by atoms with Gasteiger partial charge in [-0.25, -0.2) is 0 Å². The van der Waals surface area contributed by atoms with Crippen molar-refractivity contribution in [2.75, 3.05) is 0 Å². The van der Waals surface area contributed by atoms with Gasteiger partial charge in [-0.15, -0.1) is 0 Å². The second-order valence-electron chi connectivity index (χ2n) is 5.65. The zero-order valence-electron chi connectivity index (χ0n) is 14.6. The zero-order chi connectivity index (χ0) is 22.7. The van der Waals surface area contributed by atoms with Gasteiger partial charge >= 0.3 is 0 Å². The Labute approximate surface area is 169 Å². The Balaban J connectivity index is 0.000000232. The fraction of sp³-hybridized carbons (Fsp3) is 0. The maximum absolute atomic E-state index is 10.9. The van der Waals surface area contributed by atoms with Gasteiger partial charge in [0.15, 0.2) is 0 Å². The summed E-state index contributed by atoms with van der Waals surface area (Å²) >= 11 is 0. The van der Waals surface area contributed by atoms with Crippen molar-refractivity contribution < 1.29 is 35.8 Å². The number of non-ortho nitro benzene ring substituents is 2. The molecule has 3 aromatic rings. The molecule has 3 aromatic carbocycles. The molecule has 0 aromatic heterocycles. The van der Waals surface area contributed by atoms with Crippen molar-refractivity contribution in [2.45, 2.75) is 9.79 Å². The molecule has 0 aliphatic rings. The third-order valence-electron chi connectivity index (χ3n) is 3.63. The first kappa shape index (κ1) is 22.8. The van der Waals surface area contributed by atoms with Gasteiger partial charge in [-0.3, -0.25) is 29.3 Å². The van der Waals surface area contributed by atoms with Crippen molar-refractivity contribution in [3.8, 4) is 0 Å². The summed E-state index contributed by atoms with van der Waals surface area (Å²) in [4.78, 5) is 18.4. The Bertz CT molecular complexity index is 1250. The lowest BCUT2D eigenvalue weighted by molar-refractivity contribution is -0.394. The van der Waals surface area contributed by atoms with E-state index in [9.17, 15) is 37.1 Å². The molecule has 0 unspecified atom stereocenters. The average Bonchev–Trinajstić information content (AvgIpc) is 2.66. The molecule has 0 heterocycles. The van der Waals surface area contributed by atoms with Crippen LogP contribution in [0, 0.1) is 20.2 Å². The molecule has 0 bridgehead atoms.